The maximum Gasteiger partial charge on any atom is 0.246 e. The summed E-state index contributed by atoms with van der Waals surface area (Å²) >= 11 is 0. The molecule has 0 heterocycles. The maximum absolute atomic E-state index is 12.1. The number of methoxy groups -OCH3 is 1. The van der Waals surface area contributed by atoms with Gasteiger partial charge in [-0.15, -0.1) is 0 Å². The van der Waals surface area contributed by atoms with E-state index in [1.165, 1.54) is 0 Å². The van der Waals surface area contributed by atoms with Crippen LogP contribution >= 0.6 is 0 Å². The first kappa shape index (κ1) is 14.9. The van der Waals surface area contributed by atoms with Gasteiger partial charge in [0.2, 0.25) is 5.91 Å². The molecular formula is C17H20N2O2. The molecule has 0 saturated heterocycles. The summed E-state index contributed by atoms with van der Waals surface area (Å²) in [5, 5.41) is 6.06. The van der Waals surface area contributed by atoms with Crippen LogP contribution in [0.5, 0.6) is 5.75 Å². The average molecular weight is 284 g/mol. The Morgan fingerprint density at radius 2 is 1.81 bits per heavy atom. The summed E-state index contributed by atoms with van der Waals surface area (Å²) < 4.78 is 5.22. The van der Waals surface area contributed by atoms with Crippen molar-refractivity contribution in [3.63, 3.8) is 0 Å². The fraction of sp³-hybridized carbons (Fsp3) is 0.235. The number of hydrogen-bond donors (Lipinski definition) is 2. The molecule has 0 spiro atoms. The molecule has 0 aliphatic rings. The highest BCUT2D eigenvalue weighted by atomic mass is 16.5. The second-order valence-electron chi connectivity index (χ2n) is 4.91. The molecule has 0 aromatic heterocycles. The highest BCUT2D eigenvalue weighted by Crippen LogP contribution is 2.22. The van der Waals surface area contributed by atoms with Crippen LogP contribution in [-0.4, -0.2) is 19.1 Å². The Bertz CT molecular complexity index is 611. The molecule has 21 heavy (non-hydrogen) atoms. The molecule has 4 heteroatoms. The summed E-state index contributed by atoms with van der Waals surface area (Å²) in [5.74, 6) is 0.761. The maximum atomic E-state index is 12.1. The number of aryl methyl sites for hydroxylation is 1. The zero-order chi connectivity index (χ0) is 15.2. The highest BCUT2D eigenvalue weighted by molar-refractivity contribution is 5.96. The Kier molecular flexibility index (Phi) is 4.82. The fourth-order valence-electron chi connectivity index (χ4n) is 2.06. The van der Waals surface area contributed by atoms with Crippen LogP contribution < -0.4 is 15.4 Å². The molecule has 0 aliphatic carbocycles. The van der Waals surface area contributed by atoms with Gasteiger partial charge in [0.25, 0.3) is 0 Å². The Morgan fingerprint density at radius 3 is 2.43 bits per heavy atom. The molecule has 2 aromatic rings. The lowest BCUT2D eigenvalue weighted by Crippen LogP contribution is -2.31. The van der Waals surface area contributed by atoms with E-state index in [9.17, 15) is 4.79 Å². The van der Waals surface area contributed by atoms with Crippen molar-refractivity contribution in [2.24, 2.45) is 0 Å². The van der Waals surface area contributed by atoms with Gasteiger partial charge in [0.15, 0.2) is 0 Å². The molecule has 0 bridgehead atoms. The first-order valence-corrected chi connectivity index (χ1v) is 6.87. The zero-order valence-corrected chi connectivity index (χ0v) is 12.5. The standard InChI is InChI=1S/C17H20N2O2/c1-12-11-15(9-10-16(12)21-3)18-13(2)17(20)19-14-7-5-4-6-8-14/h4-11,13,18H,1-3H3,(H,19,20). The van der Waals surface area contributed by atoms with Crippen molar-refractivity contribution in [3.8, 4) is 5.75 Å². The van der Waals surface area contributed by atoms with Gasteiger partial charge in [0.1, 0.15) is 11.8 Å². The van der Waals surface area contributed by atoms with E-state index in [1.54, 1.807) is 7.11 Å². The molecular weight excluding hydrogens is 264 g/mol. The van der Waals surface area contributed by atoms with Gasteiger partial charge in [-0.2, -0.15) is 0 Å². The molecule has 1 unspecified atom stereocenters. The van der Waals surface area contributed by atoms with Gasteiger partial charge < -0.3 is 15.4 Å². The molecule has 2 rings (SSSR count). The summed E-state index contributed by atoms with van der Waals surface area (Å²) in [5.41, 5.74) is 2.71. The van der Waals surface area contributed by atoms with E-state index in [0.29, 0.717) is 0 Å². The number of carbonyl (C=O) groups excluding carboxylic acids is 1. The van der Waals surface area contributed by atoms with Crippen LogP contribution in [0.2, 0.25) is 0 Å². The van der Waals surface area contributed by atoms with Crippen LogP contribution in [0.1, 0.15) is 12.5 Å². The average Bonchev–Trinajstić information content (AvgIpc) is 2.48. The minimum atomic E-state index is -0.335. The number of amides is 1. The predicted octanol–water partition coefficient (Wildman–Crippen LogP) is 3.44. The van der Waals surface area contributed by atoms with Crippen LogP contribution in [-0.2, 0) is 4.79 Å². The Balaban J connectivity index is 1.99. The lowest BCUT2D eigenvalue weighted by Gasteiger charge is -2.16. The predicted molar refractivity (Wildman–Crippen MR) is 85.9 cm³/mol. The van der Waals surface area contributed by atoms with E-state index < -0.39 is 0 Å². The van der Waals surface area contributed by atoms with Crippen LogP contribution in [0.25, 0.3) is 0 Å². The molecule has 1 atom stereocenters. The second kappa shape index (κ2) is 6.79. The third-order valence-electron chi connectivity index (χ3n) is 3.21. The molecule has 4 nitrogen and oxygen atoms in total. The minimum absolute atomic E-state index is 0.0744. The SMILES string of the molecule is COc1ccc(NC(C)C(=O)Nc2ccccc2)cc1C. The second-order valence-corrected chi connectivity index (χ2v) is 4.91. The Morgan fingerprint density at radius 1 is 1.10 bits per heavy atom. The number of anilines is 2. The molecule has 2 N–H and O–H groups in total. The third kappa shape index (κ3) is 3.99. The number of benzene rings is 2. The third-order valence-corrected chi connectivity index (χ3v) is 3.21. The fourth-order valence-corrected chi connectivity index (χ4v) is 2.06. The van der Waals surface area contributed by atoms with E-state index in [1.807, 2.05) is 62.4 Å². The first-order chi connectivity index (χ1) is 10.1. The molecule has 2 aromatic carbocycles. The summed E-state index contributed by atoms with van der Waals surface area (Å²) in [4.78, 5) is 12.1. The van der Waals surface area contributed by atoms with Crippen LogP contribution in [0.4, 0.5) is 11.4 Å². The number of carbonyl (C=O) groups is 1. The smallest absolute Gasteiger partial charge is 0.246 e. The van der Waals surface area contributed by atoms with Gasteiger partial charge in [-0.3, -0.25) is 4.79 Å². The van der Waals surface area contributed by atoms with E-state index in [2.05, 4.69) is 10.6 Å². The summed E-state index contributed by atoms with van der Waals surface area (Å²) in [6.45, 7) is 3.80. The largest absolute Gasteiger partial charge is 0.496 e. The number of nitrogens with one attached hydrogen (secondary N) is 2. The number of ether oxygens (including phenoxy) is 1. The van der Waals surface area contributed by atoms with Gasteiger partial charge in [0.05, 0.1) is 7.11 Å². The van der Waals surface area contributed by atoms with Crippen molar-refractivity contribution < 1.29 is 9.53 Å². The van der Waals surface area contributed by atoms with Crippen LogP contribution in [0, 0.1) is 6.92 Å². The zero-order valence-electron chi connectivity index (χ0n) is 12.5. The molecule has 0 radical (unpaired) electrons. The van der Waals surface area contributed by atoms with Crippen molar-refractivity contribution in [2.45, 2.75) is 19.9 Å². The van der Waals surface area contributed by atoms with Gasteiger partial charge >= 0.3 is 0 Å². The molecule has 0 fully saturated rings. The monoisotopic (exact) mass is 284 g/mol. The molecule has 0 saturated carbocycles. The van der Waals surface area contributed by atoms with Crippen LogP contribution in [0.15, 0.2) is 48.5 Å². The van der Waals surface area contributed by atoms with Crippen molar-refractivity contribution in [1.29, 1.82) is 0 Å². The number of para-hydroxylation sites is 1. The van der Waals surface area contributed by atoms with Gasteiger partial charge in [-0.1, -0.05) is 18.2 Å². The quantitative estimate of drug-likeness (QED) is 0.884. The van der Waals surface area contributed by atoms with Crippen molar-refractivity contribution in [2.75, 3.05) is 17.7 Å². The van der Waals surface area contributed by atoms with E-state index in [-0.39, 0.29) is 11.9 Å². The topological polar surface area (TPSA) is 50.4 Å². The van der Waals surface area contributed by atoms with E-state index in [0.717, 1.165) is 22.7 Å². The summed E-state index contributed by atoms with van der Waals surface area (Å²) in [6.07, 6.45) is 0. The van der Waals surface area contributed by atoms with Gasteiger partial charge in [-0.05, 0) is 49.7 Å². The van der Waals surface area contributed by atoms with Gasteiger partial charge in [-0.25, -0.2) is 0 Å². The Hall–Kier alpha value is -2.49. The first-order valence-electron chi connectivity index (χ1n) is 6.87. The summed E-state index contributed by atoms with van der Waals surface area (Å²) in [6, 6.07) is 14.8. The normalized spacial score (nSPS) is 11.6. The van der Waals surface area contributed by atoms with Gasteiger partial charge in [0, 0.05) is 11.4 Å². The van der Waals surface area contributed by atoms with Crippen molar-refractivity contribution >= 4 is 17.3 Å². The van der Waals surface area contributed by atoms with Crippen molar-refractivity contribution in [3.05, 3.63) is 54.1 Å². The molecule has 1 amide bonds. The number of rotatable bonds is 5. The minimum Gasteiger partial charge on any atom is -0.496 e. The van der Waals surface area contributed by atoms with Crippen LogP contribution in [0.3, 0.4) is 0 Å². The molecule has 0 aliphatic heterocycles. The van der Waals surface area contributed by atoms with Crippen molar-refractivity contribution in [1.82, 2.24) is 0 Å². The molecule has 110 valence electrons. The lowest BCUT2D eigenvalue weighted by molar-refractivity contribution is -0.116. The highest BCUT2D eigenvalue weighted by Gasteiger charge is 2.13. The van der Waals surface area contributed by atoms with E-state index in [4.69, 9.17) is 4.74 Å². The number of hydrogen-bond acceptors (Lipinski definition) is 3. The van der Waals surface area contributed by atoms with E-state index >= 15 is 0 Å². The lowest BCUT2D eigenvalue weighted by atomic mass is 10.2. The Labute approximate surface area is 125 Å². The summed E-state index contributed by atoms with van der Waals surface area (Å²) in [7, 11) is 1.64.